The van der Waals surface area contributed by atoms with Crippen LogP contribution in [0.4, 0.5) is 9.59 Å². The molecule has 47 heavy (non-hydrogen) atoms. The highest BCUT2D eigenvalue weighted by Crippen LogP contribution is 2.43. The van der Waals surface area contributed by atoms with Crippen molar-refractivity contribution < 1.29 is 33.3 Å². The number of hydrogen-bond acceptors (Lipinski definition) is 7. The van der Waals surface area contributed by atoms with E-state index in [-0.39, 0.29) is 19.7 Å². The van der Waals surface area contributed by atoms with Gasteiger partial charge in [0.05, 0.1) is 32.9 Å². The second-order valence-electron chi connectivity index (χ2n) is 12.4. The summed E-state index contributed by atoms with van der Waals surface area (Å²) in [5.74, 6) is 1.39. The summed E-state index contributed by atoms with van der Waals surface area (Å²) in [6.45, 7) is 5.89. The van der Waals surface area contributed by atoms with Gasteiger partial charge < -0.3 is 33.9 Å². The number of ether oxygens (including phenoxy) is 5. The van der Waals surface area contributed by atoms with E-state index in [4.69, 9.17) is 23.7 Å². The molecule has 2 atom stereocenters. The number of carbonyl (C=O) groups is 2. The zero-order chi connectivity index (χ0) is 33.4. The van der Waals surface area contributed by atoms with Gasteiger partial charge in [0.1, 0.15) is 29.3 Å². The number of benzene rings is 4. The minimum atomic E-state index is -1.16. The average Bonchev–Trinajstić information content (AvgIpc) is 3.48. The zero-order valence-electron chi connectivity index (χ0n) is 27.5. The van der Waals surface area contributed by atoms with Gasteiger partial charge in [-0.1, -0.05) is 84.9 Å². The Balaban J connectivity index is 1.56. The molecule has 0 spiro atoms. The quantitative estimate of drug-likeness (QED) is 0.188. The Kier molecular flexibility index (Phi) is 10.4. The van der Waals surface area contributed by atoms with Crippen LogP contribution in [0.3, 0.4) is 0 Å². The molecule has 2 amide bonds. The minimum absolute atomic E-state index is 0.104. The van der Waals surface area contributed by atoms with Gasteiger partial charge in [0.2, 0.25) is 0 Å². The number of nitrogens with one attached hydrogen (secondary N) is 1. The van der Waals surface area contributed by atoms with Crippen LogP contribution in [0.15, 0.2) is 109 Å². The van der Waals surface area contributed by atoms with E-state index in [2.05, 4.69) is 5.32 Å². The maximum absolute atomic E-state index is 13.3. The van der Waals surface area contributed by atoms with Crippen molar-refractivity contribution in [2.24, 2.45) is 0 Å². The van der Waals surface area contributed by atoms with Gasteiger partial charge in [-0.15, -0.1) is 0 Å². The predicted molar refractivity (Wildman–Crippen MR) is 179 cm³/mol. The molecule has 1 aliphatic rings. The van der Waals surface area contributed by atoms with E-state index < -0.39 is 35.5 Å². The summed E-state index contributed by atoms with van der Waals surface area (Å²) in [5.41, 5.74) is 1.51. The summed E-state index contributed by atoms with van der Waals surface area (Å²) in [6, 6.07) is 34.1. The molecule has 9 nitrogen and oxygen atoms in total. The molecule has 9 heteroatoms. The molecule has 5 rings (SSSR count). The van der Waals surface area contributed by atoms with Crippen molar-refractivity contribution in [2.75, 3.05) is 27.3 Å². The summed E-state index contributed by atoms with van der Waals surface area (Å²) in [7, 11) is 3.24. The van der Waals surface area contributed by atoms with Crippen LogP contribution in [0.1, 0.15) is 43.0 Å². The van der Waals surface area contributed by atoms with Crippen LogP contribution < -0.4 is 14.8 Å². The number of carbonyl (C=O) groups excluding carboxylic acids is 2. The molecule has 0 unspecified atom stereocenters. The summed E-state index contributed by atoms with van der Waals surface area (Å²) in [4.78, 5) is 28.1. The smallest absolute Gasteiger partial charge is 0.410 e. The van der Waals surface area contributed by atoms with Gasteiger partial charge >= 0.3 is 12.2 Å². The highest BCUT2D eigenvalue weighted by atomic mass is 16.6. The van der Waals surface area contributed by atoms with Crippen molar-refractivity contribution in [2.45, 2.75) is 50.7 Å². The minimum Gasteiger partial charge on any atom is -0.497 e. The van der Waals surface area contributed by atoms with Crippen molar-refractivity contribution in [1.29, 1.82) is 0 Å². The topological polar surface area (TPSA) is 95.6 Å². The Bertz CT molecular complexity index is 1560. The third-order valence-corrected chi connectivity index (χ3v) is 7.94. The molecular weight excluding hydrogens is 596 g/mol. The fourth-order valence-corrected chi connectivity index (χ4v) is 5.68. The maximum Gasteiger partial charge on any atom is 0.410 e. The fourth-order valence-electron chi connectivity index (χ4n) is 5.68. The summed E-state index contributed by atoms with van der Waals surface area (Å²) >= 11 is 0. The number of rotatable bonds is 10. The Morgan fingerprint density at radius 1 is 0.723 bits per heavy atom. The summed E-state index contributed by atoms with van der Waals surface area (Å²) < 4.78 is 29.5. The van der Waals surface area contributed by atoms with Gasteiger partial charge in [-0.2, -0.15) is 0 Å². The highest BCUT2D eigenvalue weighted by molar-refractivity contribution is 5.70. The van der Waals surface area contributed by atoms with Crippen LogP contribution in [0, 0.1) is 0 Å². The van der Waals surface area contributed by atoms with Gasteiger partial charge in [0.15, 0.2) is 0 Å². The monoisotopic (exact) mass is 638 g/mol. The number of amides is 2. The first-order valence-corrected chi connectivity index (χ1v) is 15.6. The molecule has 1 fully saturated rings. The number of nitrogens with zero attached hydrogens (tertiary/aromatic N) is 1. The lowest BCUT2D eigenvalue weighted by atomic mass is 9.79. The normalized spacial score (nSPS) is 16.3. The highest BCUT2D eigenvalue weighted by Gasteiger charge is 2.46. The van der Waals surface area contributed by atoms with Gasteiger partial charge in [-0.05, 0) is 67.3 Å². The average molecular weight is 639 g/mol. The van der Waals surface area contributed by atoms with Gasteiger partial charge in [0.25, 0.3) is 0 Å². The van der Waals surface area contributed by atoms with Gasteiger partial charge in [0, 0.05) is 6.54 Å². The van der Waals surface area contributed by atoms with E-state index in [9.17, 15) is 9.59 Å². The Morgan fingerprint density at radius 3 is 1.74 bits per heavy atom. The van der Waals surface area contributed by atoms with E-state index in [0.29, 0.717) is 11.5 Å². The molecule has 4 aromatic carbocycles. The molecule has 1 saturated heterocycles. The summed E-state index contributed by atoms with van der Waals surface area (Å²) in [5, 5.41) is 2.98. The second kappa shape index (κ2) is 14.6. The molecule has 0 radical (unpaired) electrons. The number of alkyl carbamates (subject to hydrolysis) is 1. The molecule has 1 heterocycles. The van der Waals surface area contributed by atoms with Crippen molar-refractivity contribution >= 4 is 12.2 Å². The SMILES string of the molecule is COc1ccc(C(O[C@H]2CN(C(=O)OC(C)(C)C)C[C@H]2NC(=O)OCc2ccccc2)(c2ccccc2)c2ccc(OC)cc2)cc1. The van der Waals surface area contributed by atoms with E-state index in [1.807, 2.05) is 130 Å². The van der Waals surface area contributed by atoms with Gasteiger partial charge in [-0.25, -0.2) is 9.59 Å². The molecule has 0 aromatic heterocycles. The van der Waals surface area contributed by atoms with Crippen LogP contribution >= 0.6 is 0 Å². The van der Waals surface area contributed by atoms with E-state index in [1.165, 1.54) is 0 Å². The van der Waals surface area contributed by atoms with Crippen LogP contribution in [-0.2, 0) is 26.4 Å². The first-order chi connectivity index (χ1) is 22.6. The fraction of sp³-hybridized carbons (Fsp3) is 0.316. The molecule has 0 bridgehead atoms. The zero-order valence-corrected chi connectivity index (χ0v) is 27.5. The first kappa shape index (κ1) is 33.3. The molecule has 1 N–H and O–H groups in total. The Hall–Kier alpha value is -5.02. The van der Waals surface area contributed by atoms with E-state index in [0.717, 1.165) is 22.3 Å². The Morgan fingerprint density at radius 2 is 1.23 bits per heavy atom. The molecule has 246 valence electrons. The third-order valence-electron chi connectivity index (χ3n) is 7.94. The number of likely N-dealkylation sites (tertiary alicyclic amines) is 1. The number of hydrogen-bond donors (Lipinski definition) is 1. The van der Waals surface area contributed by atoms with E-state index in [1.54, 1.807) is 19.1 Å². The second-order valence-corrected chi connectivity index (χ2v) is 12.4. The van der Waals surface area contributed by atoms with Crippen molar-refractivity contribution in [3.05, 3.63) is 131 Å². The predicted octanol–water partition coefficient (Wildman–Crippen LogP) is 6.93. The van der Waals surface area contributed by atoms with Crippen molar-refractivity contribution in [3.63, 3.8) is 0 Å². The van der Waals surface area contributed by atoms with Crippen LogP contribution in [0.2, 0.25) is 0 Å². The standard InChI is InChI=1S/C38H42N2O7/c1-37(2,3)47-36(42)40-24-33(39-35(41)45-26-27-12-8-6-9-13-27)34(25-40)46-38(28-14-10-7-11-15-28,29-16-20-31(43-4)21-17-29)30-18-22-32(44-5)23-19-30/h6-23,33-34H,24-26H2,1-5H3,(H,39,41)/t33-,34+/m1/s1. The van der Waals surface area contributed by atoms with Crippen LogP contribution in [0.5, 0.6) is 11.5 Å². The molecular formula is C38H42N2O7. The van der Waals surface area contributed by atoms with Crippen LogP contribution in [-0.4, -0.2) is 62.1 Å². The molecule has 4 aromatic rings. The largest absolute Gasteiger partial charge is 0.497 e. The molecule has 1 aliphatic heterocycles. The Labute approximate surface area is 276 Å². The number of methoxy groups -OCH3 is 2. The van der Waals surface area contributed by atoms with Gasteiger partial charge in [-0.3, -0.25) is 0 Å². The molecule has 0 aliphatic carbocycles. The molecule has 0 saturated carbocycles. The lowest BCUT2D eigenvalue weighted by Crippen LogP contribution is -2.48. The lowest BCUT2D eigenvalue weighted by molar-refractivity contribution is -0.0520. The van der Waals surface area contributed by atoms with Crippen molar-refractivity contribution in [1.82, 2.24) is 10.2 Å². The lowest BCUT2D eigenvalue weighted by Gasteiger charge is -2.39. The first-order valence-electron chi connectivity index (χ1n) is 15.6. The van der Waals surface area contributed by atoms with Crippen molar-refractivity contribution in [3.8, 4) is 11.5 Å². The maximum atomic E-state index is 13.3. The van der Waals surface area contributed by atoms with E-state index >= 15 is 0 Å². The third kappa shape index (κ3) is 8.04. The van der Waals surface area contributed by atoms with Crippen LogP contribution in [0.25, 0.3) is 0 Å². The summed E-state index contributed by atoms with van der Waals surface area (Å²) in [6.07, 6.45) is -1.78.